The number of aromatic nitrogens is 3. The molecule has 2 aromatic rings. The lowest BCUT2D eigenvalue weighted by atomic mass is 10.3. The monoisotopic (exact) mass is 257 g/mol. The summed E-state index contributed by atoms with van der Waals surface area (Å²) in [5.41, 5.74) is 1.80. The molecule has 0 saturated heterocycles. The smallest absolute Gasteiger partial charge is 0.253 e. The molecule has 0 atom stereocenters. The average molecular weight is 257 g/mol. The first-order valence-electron chi connectivity index (χ1n) is 6.94. The van der Waals surface area contributed by atoms with Crippen molar-refractivity contribution in [2.45, 2.75) is 45.2 Å². The first kappa shape index (κ1) is 12.2. The highest BCUT2D eigenvalue weighted by molar-refractivity contribution is 5.10. The van der Waals surface area contributed by atoms with Crippen molar-refractivity contribution in [2.24, 2.45) is 0 Å². The largest absolute Gasteiger partial charge is 0.309 e. The first-order valence-corrected chi connectivity index (χ1v) is 6.94. The van der Waals surface area contributed by atoms with Gasteiger partial charge in [0.1, 0.15) is 0 Å². The number of pyridine rings is 1. The zero-order valence-corrected chi connectivity index (χ0v) is 11.2. The normalized spacial score (nSPS) is 16.1. The SMILES string of the molecule is Cc1cccn(Cc2ccn(C3CCCC3)n2)c1=O. The van der Waals surface area contributed by atoms with E-state index in [-0.39, 0.29) is 5.56 Å². The van der Waals surface area contributed by atoms with Gasteiger partial charge in [0.2, 0.25) is 0 Å². The predicted octanol–water partition coefficient (Wildman–Crippen LogP) is 2.52. The Labute approximate surface area is 112 Å². The van der Waals surface area contributed by atoms with Gasteiger partial charge in [0.25, 0.3) is 5.56 Å². The summed E-state index contributed by atoms with van der Waals surface area (Å²) < 4.78 is 3.79. The number of nitrogens with zero attached hydrogens (tertiary/aromatic N) is 3. The van der Waals surface area contributed by atoms with E-state index in [0.717, 1.165) is 11.3 Å². The van der Waals surface area contributed by atoms with Gasteiger partial charge in [-0.15, -0.1) is 0 Å². The molecular weight excluding hydrogens is 238 g/mol. The highest BCUT2D eigenvalue weighted by Crippen LogP contribution is 2.28. The second-order valence-electron chi connectivity index (χ2n) is 5.35. The summed E-state index contributed by atoms with van der Waals surface area (Å²) in [4.78, 5) is 12.0. The number of rotatable bonds is 3. The molecule has 0 aliphatic heterocycles. The van der Waals surface area contributed by atoms with Crippen molar-refractivity contribution in [3.8, 4) is 0 Å². The first-order chi connectivity index (χ1) is 9.24. The van der Waals surface area contributed by atoms with Crippen molar-refractivity contribution in [1.82, 2.24) is 14.3 Å². The third-order valence-corrected chi connectivity index (χ3v) is 3.91. The average Bonchev–Trinajstić information content (AvgIpc) is 3.05. The van der Waals surface area contributed by atoms with E-state index in [4.69, 9.17) is 0 Å². The van der Waals surface area contributed by atoms with Crippen LogP contribution in [0.4, 0.5) is 0 Å². The standard InChI is InChI=1S/C15H19N3O/c1-12-5-4-9-17(15(12)19)11-13-8-10-18(16-13)14-6-2-3-7-14/h4-5,8-10,14H,2-3,6-7,11H2,1H3. The Hall–Kier alpha value is -1.84. The fourth-order valence-corrected chi connectivity index (χ4v) is 2.79. The summed E-state index contributed by atoms with van der Waals surface area (Å²) >= 11 is 0. The summed E-state index contributed by atoms with van der Waals surface area (Å²) in [7, 11) is 0. The van der Waals surface area contributed by atoms with Crippen molar-refractivity contribution in [2.75, 3.05) is 0 Å². The Bertz CT molecular complexity index is 620. The lowest BCUT2D eigenvalue weighted by Crippen LogP contribution is -2.22. The van der Waals surface area contributed by atoms with E-state index in [0.29, 0.717) is 12.6 Å². The van der Waals surface area contributed by atoms with Crippen molar-refractivity contribution < 1.29 is 0 Å². The van der Waals surface area contributed by atoms with Crippen LogP contribution in [0.1, 0.15) is 43.0 Å². The van der Waals surface area contributed by atoms with Crippen molar-refractivity contribution in [3.63, 3.8) is 0 Å². The van der Waals surface area contributed by atoms with Gasteiger partial charge in [-0.05, 0) is 31.9 Å². The summed E-state index contributed by atoms with van der Waals surface area (Å²) in [6.45, 7) is 2.40. The molecule has 0 bridgehead atoms. The van der Waals surface area contributed by atoms with Gasteiger partial charge in [0.05, 0.1) is 18.3 Å². The van der Waals surface area contributed by atoms with Crippen LogP contribution in [0.3, 0.4) is 0 Å². The Kier molecular flexibility index (Phi) is 3.23. The van der Waals surface area contributed by atoms with Crippen LogP contribution in [0, 0.1) is 6.92 Å². The topological polar surface area (TPSA) is 39.8 Å². The molecule has 1 aliphatic rings. The summed E-state index contributed by atoms with van der Waals surface area (Å²) in [6, 6.07) is 6.33. The fraction of sp³-hybridized carbons (Fsp3) is 0.467. The van der Waals surface area contributed by atoms with Crippen LogP contribution in [0.15, 0.2) is 35.4 Å². The second-order valence-corrected chi connectivity index (χ2v) is 5.35. The van der Waals surface area contributed by atoms with Crippen molar-refractivity contribution in [3.05, 3.63) is 52.2 Å². The maximum absolute atomic E-state index is 12.0. The third-order valence-electron chi connectivity index (χ3n) is 3.91. The van der Waals surface area contributed by atoms with Crippen molar-refractivity contribution in [1.29, 1.82) is 0 Å². The van der Waals surface area contributed by atoms with Crippen molar-refractivity contribution >= 4 is 0 Å². The van der Waals surface area contributed by atoms with E-state index >= 15 is 0 Å². The molecule has 0 N–H and O–H groups in total. The van der Waals surface area contributed by atoms with E-state index < -0.39 is 0 Å². The molecular formula is C15H19N3O. The highest BCUT2D eigenvalue weighted by atomic mass is 16.1. The minimum atomic E-state index is 0.0675. The van der Waals surface area contributed by atoms with Crippen LogP contribution in [0.25, 0.3) is 0 Å². The predicted molar refractivity (Wildman–Crippen MR) is 74.3 cm³/mol. The summed E-state index contributed by atoms with van der Waals surface area (Å²) in [5.74, 6) is 0. The minimum Gasteiger partial charge on any atom is -0.309 e. The molecule has 4 heteroatoms. The fourth-order valence-electron chi connectivity index (χ4n) is 2.79. The van der Waals surface area contributed by atoms with Gasteiger partial charge in [0, 0.05) is 18.0 Å². The molecule has 0 amide bonds. The van der Waals surface area contributed by atoms with Gasteiger partial charge in [-0.3, -0.25) is 9.48 Å². The maximum atomic E-state index is 12.0. The molecule has 1 saturated carbocycles. The summed E-state index contributed by atoms with van der Waals surface area (Å²) in [6.07, 6.45) is 8.93. The molecule has 1 fully saturated rings. The highest BCUT2D eigenvalue weighted by Gasteiger charge is 2.17. The molecule has 19 heavy (non-hydrogen) atoms. The molecule has 3 rings (SSSR count). The van der Waals surface area contributed by atoms with E-state index in [1.807, 2.05) is 37.5 Å². The van der Waals surface area contributed by atoms with Gasteiger partial charge >= 0.3 is 0 Å². The molecule has 0 aromatic carbocycles. The zero-order chi connectivity index (χ0) is 13.2. The Balaban J connectivity index is 1.80. The zero-order valence-electron chi connectivity index (χ0n) is 11.2. The summed E-state index contributed by atoms with van der Waals surface area (Å²) in [5, 5.41) is 4.62. The van der Waals surface area contributed by atoms with Crippen LogP contribution < -0.4 is 5.56 Å². The van der Waals surface area contributed by atoms with E-state index in [2.05, 4.69) is 9.78 Å². The van der Waals surface area contributed by atoms with Crippen LogP contribution in [0.2, 0.25) is 0 Å². The molecule has 100 valence electrons. The van der Waals surface area contributed by atoms with E-state index in [1.165, 1.54) is 25.7 Å². The van der Waals surface area contributed by atoms with Crippen LogP contribution in [-0.2, 0) is 6.54 Å². The van der Waals surface area contributed by atoms with E-state index in [9.17, 15) is 4.79 Å². The van der Waals surface area contributed by atoms with E-state index in [1.54, 1.807) is 4.57 Å². The molecule has 0 spiro atoms. The Morgan fingerprint density at radius 3 is 2.84 bits per heavy atom. The lowest BCUT2D eigenvalue weighted by Gasteiger charge is -2.09. The van der Waals surface area contributed by atoms with Crippen LogP contribution >= 0.6 is 0 Å². The maximum Gasteiger partial charge on any atom is 0.253 e. The van der Waals surface area contributed by atoms with Gasteiger partial charge in [-0.2, -0.15) is 5.10 Å². The Morgan fingerprint density at radius 2 is 2.05 bits per heavy atom. The van der Waals surface area contributed by atoms with Gasteiger partial charge < -0.3 is 4.57 Å². The number of hydrogen-bond acceptors (Lipinski definition) is 2. The molecule has 2 heterocycles. The number of aryl methyl sites for hydroxylation is 1. The molecule has 4 nitrogen and oxygen atoms in total. The molecule has 1 aliphatic carbocycles. The molecule has 2 aromatic heterocycles. The molecule has 0 unspecified atom stereocenters. The quantitative estimate of drug-likeness (QED) is 0.847. The lowest BCUT2D eigenvalue weighted by molar-refractivity contribution is 0.461. The third kappa shape index (κ3) is 2.48. The number of hydrogen-bond donors (Lipinski definition) is 0. The van der Waals surface area contributed by atoms with Crippen LogP contribution in [0.5, 0.6) is 0 Å². The van der Waals surface area contributed by atoms with Gasteiger partial charge in [-0.25, -0.2) is 0 Å². The second kappa shape index (κ2) is 5.03. The van der Waals surface area contributed by atoms with Gasteiger partial charge in [-0.1, -0.05) is 18.9 Å². The van der Waals surface area contributed by atoms with Gasteiger partial charge in [0.15, 0.2) is 0 Å². The Morgan fingerprint density at radius 1 is 1.26 bits per heavy atom. The minimum absolute atomic E-state index is 0.0675. The van der Waals surface area contributed by atoms with Crippen LogP contribution in [-0.4, -0.2) is 14.3 Å². The molecule has 0 radical (unpaired) electrons.